The molecule has 2 heterocycles. The molecule has 0 saturated heterocycles. The summed E-state index contributed by atoms with van der Waals surface area (Å²) in [5.41, 5.74) is 0.978. The molecule has 0 aliphatic rings. The van der Waals surface area contributed by atoms with Gasteiger partial charge in [0.15, 0.2) is 5.02 Å². The second-order valence-corrected chi connectivity index (χ2v) is 7.31. The van der Waals surface area contributed by atoms with Crippen molar-refractivity contribution in [3.63, 3.8) is 0 Å². The second-order valence-electron chi connectivity index (χ2n) is 5.20. The standard InChI is InChI=1S/C12H17ClN6O4S/c1-8-11(9(2)17(3)15-8)24(22,23)14-5-4-6-18-7-10(13)12(16-18)19(20)21/h7,14H,4-6H2,1-3H3. The molecule has 24 heavy (non-hydrogen) atoms. The Morgan fingerprint density at radius 2 is 2.04 bits per heavy atom. The van der Waals surface area contributed by atoms with Gasteiger partial charge in [-0.3, -0.25) is 4.68 Å². The van der Waals surface area contributed by atoms with Crippen LogP contribution in [0.2, 0.25) is 5.02 Å². The fraction of sp³-hybridized carbons (Fsp3) is 0.500. The van der Waals surface area contributed by atoms with E-state index in [9.17, 15) is 18.5 Å². The van der Waals surface area contributed by atoms with E-state index in [1.165, 1.54) is 15.6 Å². The molecule has 0 aliphatic carbocycles. The number of nitro groups is 1. The number of halogens is 1. The van der Waals surface area contributed by atoms with Crippen LogP contribution in [-0.2, 0) is 23.6 Å². The topological polar surface area (TPSA) is 125 Å². The van der Waals surface area contributed by atoms with Crippen molar-refractivity contribution in [2.75, 3.05) is 6.54 Å². The van der Waals surface area contributed by atoms with Gasteiger partial charge in [-0.25, -0.2) is 13.1 Å². The third-order valence-electron chi connectivity index (χ3n) is 3.44. The van der Waals surface area contributed by atoms with Gasteiger partial charge in [0.05, 0.1) is 29.2 Å². The Morgan fingerprint density at radius 3 is 2.54 bits per heavy atom. The average molecular weight is 377 g/mol. The molecule has 0 fully saturated rings. The van der Waals surface area contributed by atoms with E-state index in [-0.39, 0.29) is 16.5 Å². The SMILES string of the molecule is Cc1nn(C)c(C)c1S(=O)(=O)NCCCn1cc(Cl)c([N+](=O)[O-])n1. The van der Waals surface area contributed by atoms with Gasteiger partial charge in [0, 0.05) is 13.6 Å². The van der Waals surface area contributed by atoms with E-state index in [1.807, 2.05) is 0 Å². The van der Waals surface area contributed by atoms with Crippen LogP contribution in [0.1, 0.15) is 17.8 Å². The van der Waals surface area contributed by atoms with Crippen molar-refractivity contribution in [2.24, 2.45) is 7.05 Å². The zero-order chi connectivity index (χ0) is 18.1. The molecule has 1 N–H and O–H groups in total. The van der Waals surface area contributed by atoms with Crippen molar-refractivity contribution in [3.05, 3.63) is 32.7 Å². The third kappa shape index (κ3) is 3.74. The first-order valence-electron chi connectivity index (χ1n) is 7.00. The van der Waals surface area contributed by atoms with E-state index >= 15 is 0 Å². The molecule has 0 aliphatic heterocycles. The summed E-state index contributed by atoms with van der Waals surface area (Å²) in [5, 5.41) is 18.4. The number of hydrogen-bond donors (Lipinski definition) is 1. The van der Waals surface area contributed by atoms with E-state index in [2.05, 4.69) is 14.9 Å². The van der Waals surface area contributed by atoms with Crippen LogP contribution in [0.3, 0.4) is 0 Å². The molecular weight excluding hydrogens is 360 g/mol. The highest BCUT2D eigenvalue weighted by molar-refractivity contribution is 7.89. The van der Waals surface area contributed by atoms with E-state index < -0.39 is 20.8 Å². The fourth-order valence-corrected chi connectivity index (χ4v) is 4.02. The number of aryl methyl sites for hydroxylation is 3. The van der Waals surface area contributed by atoms with Crippen molar-refractivity contribution >= 4 is 27.4 Å². The normalized spacial score (nSPS) is 11.8. The summed E-state index contributed by atoms with van der Waals surface area (Å²) >= 11 is 5.70. The summed E-state index contributed by atoms with van der Waals surface area (Å²) in [5.74, 6) is -0.418. The Morgan fingerprint density at radius 1 is 1.38 bits per heavy atom. The van der Waals surface area contributed by atoms with Crippen LogP contribution in [0, 0.1) is 24.0 Å². The van der Waals surface area contributed by atoms with Crippen LogP contribution in [0.25, 0.3) is 0 Å². The summed E-state index contributed by atoms with van der Waals surface area (Å²) in [4.78, 5) is 10.2. The van der Waals surface area contributed by atoms with Crippen molar-refractivity contribution in [3.8, 4) is 0 Å². The molecular formula is C12H17ClN6O4S. The minimum Gasteiger partial charge on any atom is -0.358 e. The van der Waals surface area contributed by atoms with Crippen molar-refractivity contribution in [1.29, 1.82) is 0 Å². The molecule has 0 unspecified atom stereocenters. The molecule has 12 heteroatoms. The van der Waals surface area contributed by atoms with Crippen LogP contribution in [0.5, 0.6) is 0 Å². The maximum atomic E-state index is 12.3. The van der Waals surface area contributed by atoms with Gasteiger partial charge in [-0.2, -0.15) is 9.78 Å². The minimum absolute atomic E-state index is 0.0535. The summed E-state index contributed by atoms with van der Waals surface area (Å²) in [6.07, 6.45) is 1.73. The smallest absolute Gasteiger partial charge is 0.358 e. The molecule has 0 aromatic carbocycles. The van der Waals surface area contributed by atoms with Crippen LogP contribution >= 0.6 is 11.6 Å². The Labute approximate surface area is 143 Å². The monoisotopic (exact) mass is 376 g/mol. The lowest BCUT2D eigenvalue weighted by Gasteiger charge is -2.06. The molecule has 0 radical (unpaired) electrons. The van der Waals surface area contributed by atoms with Gasteiger partial charge in [0.2, 0.25) is 10.0 Å². The molecule has 2 rings (SSSR count). The molecule has 2 aromatic rings. The van der Waals surface area contributed by atoms with Crippen LogP contribution in [-0.4, -0.2) is 39.4 Å². The van der Waals surface area contributed by atoms with E-state index in [0.29, 0.717) is 24.4 Å². The Bertz CT molecular complexity index is 872. The minimum atomic E-state index is -3.67. The maximum Gasteiger partial charge on any atom is 0.408 e. The van der Waals surface area contributed by atoms with E-state index in [4.69, 9.17) is 11.6 Å². The number of nitrogens with zero attached hydrogens (tertiary/aromatic N) is 5. The zero-order valence-electron chi connectivity index (χ0n) is 13.4. The number of aromatic nitrogens is 4. The van der Waals surface area contributed by atoms with Crippen molar-refractivity contribution in [2.45, 2.75) is 31.7 Å². The lowest BCUT2D eigenvalue weighted by atomic mass is 10.4. The molecule has 132 valence electrons. The Balaban J connectivity index is 1.96. The molecule has 2 aromatic heterocycles. The van der Waals surface area contributed by atoms with E-state index in [1.54, 1.807) is 20.9 Å². The number of sulfonamides is 1. The van der Waals surface area contributed by atoms with Gasteiger partial charge < -0.3 is 10.1 Å². The van der Waals surface area contributed by atoms with Crippen LogP contribution < -0.4 is 4.72 Å². The zero-order valence-corrected chi connectivity index (χ0v) is 14.9. The second kappa shape index (κ2) is 6.87. The van der Waals surface area contributed by atoms with Gasteiger partial charge in [0.25, 0.3) is 0 Å². The lowest BCUT2D eigenvalue weighted by molar-refractivity contribution is -0.389. The number of rotatable bonds is 7. The maximum absolute atomic E-state index is 12.3. The highest BCUT2D eigenvalue weighted by Crippen LogP contribution is 2.21. The van der Waals surface area contributed by atoms with Gasteiger partial charge in [0.1, 0.15) is 4.90 Å². The highest BCUT2D eigenvalue weighted by Gasteiger charge is 2.23. The van der Waals surface area contributed by atoms with Gasteiger partial charge in [-0.1, -0.05) is 11.6 Å². The summed E-state index contributed by atoms with van der Waals surface area (Å²) < 4.78 is 30.0. The van der Waals surface area contributed by atoms with Gasteiger partial charge >= 0.3 is 5.82 Å². The van der Waals surface area contributed by atoms with Crippen molar-refractivity contribution < 1.29 is 13.3 Å². The summed E-state index contributed by atoms with van der Waals surface area (Å²) in [7, 11) is -1.99. The molecule has 0 bridgehead atoms. The number of nitrogens with one attached hydrogen (secondary N) is 1. The quantitative estimate of drug-likeness (QED) is 0.439. The Hall–Kier alpha value is -1.98. The molecule has 0 atom stereocenters. The summed E-state index contributed by atoms with van der Waals surface area (Å²) in [6.45, 7) is 3.76. The van der Waals surface area contributed by atoms with Crippen LogP contribution in [0.15, 0.2) is 11.1 Å². The summed E-state index contributed by atoms with van der Waals surface area (Å²) in [6, 6.07) is 0. The van der Waals surface area contributed by atoms with Gasteiger partial charge in [-0.05, 0) is 25.2 Å². The predicted octanol–water partition coefficient (Wildman–Crippen LogP) is 1.16. The largest absolute Gasteiger partial charge is 0.408 e. The van der Waals surface area contributed by atoms with Gasteiger partial charge in [-0.15, -0.1) is 0 Å². The third-order valence-corrected chi connectivity index (χ3v) is 5.42. The highest BCUT2D eigenvalue weighted by atomic mass is 35.5. The van der Waals surface area contributed by atoms with Crippen molar-refractivity contribution in [1.82, 2.24) is 24.3 Å². The first kappa shape index (κ1) is 18.4. The van der Waals surface area contributed by atoms with E-state index in [0.717, 1.165) is 0 Å². The molecule has 0 saturated carbocycles. The average Bonchev–Trinajstić information content (AvgIpc) is 2.96. The van der Waals surface area contributed by atoms with Crippen LogP contribution in [0.4, 0.5) is 5.82 Å². The predicted molar refractivity (Wildman–Crippen MR) is 86.4 cm³/mol. The first-order chi connectivity index (χ1) is 11.1. The first-order valence-corrected chi connectivity index (χ1v) is 8.87. The number of hydrogen-bond acceptors (Lipinski definition) is 6. The molecule has 0 spiro atoms. The fourth-order valence-electron chi connectivity index (χ4n) is 2.29. The molecule has 10 nitrogen and oxygen atoms in total. The Kier molecular flexibility index (Phi) is 5.26. The lowest BCUT2D eigenvalue weighted by Crippen LogP contribution is -2.26. The molecule has 0 amide bonds.